The SMILES string of the molecule is C[C@@H]1CO[C@@]2([NH+]=C(N)[C@@]3(C#N)[C@@H](c4ccccc4[N+](=O)[O-])[C@@]23C#N)O1. The number of nitrogens with two attached hydrogens (primary N) is 1. The first-order valence-corrected chi connectivity index (χ1v) is 7.69. The van der Waals surface area contributed by atoms with Crippen LogP contribution in [0.4, 0.5) is 5.69 Å². The molecule has 4 rings (SSSR count). The monoisotopic (exact) mass is 340 g/mol. The van der Waals surface area contributed by atoms with Crippen LogP contribution >= 0.6 is 0 Å². The molecule has 0 amide bonds. The number of nitrogens with one attached hydrogen (secondary N) is 1. The molecule has 2 fully saturated rings. The largest absolute Gasteiger partial charge is 0.343 e. The Labute approximate surface area is 142 Å². The zero-order valence-electron chi connectivity index (χ0n) is 13.2. The van der Waals surface area contributed by atoms with Gasteiger partial charge in [0, 0.05) is 11.6 Å². The van der Waals surface area contributed by atoms with Crippen molar-refractivity contribution in [2.24, 2.45) is 16.6 Å². The van der Waals surface area contributed by atoms with Crippen molar-refractivity contribution in [2.45, 2.75) is 24.9 Å². The van der Waals surface area contributed by atoms with E-state index in [1.54, 1.807) is 19.1 Å². The van der Waals surface area contributed by atoms with E-state index in [1.807, 2.05) is 0 Å². The second-order valence-electron chi connectivity index (χ2n) is 6.48. The van der Waals surface area contributed by atoms with Crippen LogP contribution in [0.1, 0.15) is 18.4 Å². The molecule has 9 nitrogen and oxygen atoms in total. The van der Waals surface area contributed by atoms with Crippen molar-refractivity contribution in [2.75, 3.05) is 6.61 Å². The van der Waals surface area contributed by atoms with Crippen LogP contribution in [0.5, 0.6) is 0 Å². The number of ether oxygens (including phenoxy) is 2. The third-order valence-corrected chi connectivity index (χ3v) is 5.33. The second-order valence-corrected chi connectivity index (χ2v) is 6.48. The highest BCUT2D eigenvalue weighted by atomic mass is 16.8. The number of hydrogen-bond acceptors (Lipinski definition) is 7. The van der Waals surface area contributed by atoms with Gasteiger partial charge in [0.1, 0.15) is 0 Å². The molecule has 0 unspecified atom stereocenters. The number of benzene rings is 1. The number of amidine groups is 1. The third-order valence-electron chi connectivity index (χ3n) is 5.33. The van der Waals surface area contributed by atoms with Crippen molar-refractivity contribution in [3.05, 3.63) is 39.9 Å². The molecule has 1 aromatic carbocycles. The average molecular weight is 340 g/mol. The minimum absolute atomic E-state index is 0.0359. The van der Waals surface area contributed by atoms with Crippen LogP contribution in [0.3, 0.4) is 0 Å². The molecule has 1 spiro atoms. The van der Waals surface area contributed by atoms with Gasteiger partial charge < -0.3 is 9.47 Å². The van der Waals surface area contributed by atoms with E-state index in [-0.39, 0.29) is 29.8 Å². The van der Waals surface area contributed by atoms with Crippen LogP contribution in [0.2, 0.25) is 0 Å². The van der Waals surface area contributed by atoms with Gasteiger partial charge in [0.25, 0.3) is 11.5 Å². The number of hydrogen-bond donors (Lipinski definition) is 2. The fourth-order valence-electron chi connectivity index (χ4n) is 4.33. The molecule has 2 heterocycles. The van der Waals surface area contributed by atoms with Gasteiger partial charge in [-0.05, 0) is 6.92 Å². The van der Waals surface area contributed by atoms with Gasteiger partial charge in [-0.3, -0.25) is 15.8 Å². The molecule has 1 aliphatic carbocycles. The first-order chi connectivity index (χ1) is 11.9. The van der Waals surface area contributed by atoms with Gasteiger partial charge in [-0.1, -0.05) is 18.2 Å². The molecule has 2 aliphatic heterocycles. The lowest BCUT2D eigenvalue weighted by Gasteiger charge is -2.23. The van der Waals surface area contributed by atoms with Gasteiger partial charge >= 0.3 is 5.91 Å². The predicted molar refractivity (Wildman–Crippen MR) is 81.3 cm³/mol. The number of nitriles is 2. The first-order valence-electron chi connectivity index (χ1n) is 7.69. The molecule has 0 radical (unpaired) electrons. The molecule has 1 saturated heterocycles. The summed E-state index contributed by atoms with van der Waals surface area (Å²) in [5, 5.41) is 31.3. The van der Waals surface area contributed by atoms with E-state index >= 15 is 0 Å². The van der Waals surface area contributed by atoms with E-state index in [1.165, 1.54) is 12.1 Å². The summed E-state index contributed by atoms with van der Waals surface area (Å²) >= 11 is 0. The Bertz CT molecular complexity index is 918. The molecule has 1 aromatic rings. The topological polar surface area (TPSA) is 149 Å². The van der Waals surface area contributed by atoms with Crippen molar-refractivity contribution in [1.29, 1.82) is 10.5 Å². The Kier molecular flexibility index (Phi) is 2.82. The van der Waals surface area contributed by atoms with Crippen LogP contribution in [0.25, 0.3) is 0 Å². The predicted octanol–water partition coefficient (Wildman–Crippen LogP) is -0.748. The molecule has 3 aliphatic rings. The van der Waals surface area contributed by atoms with E-state index in [2.05, 4.69) is 17.1 Å². The molecule has 9 heteroatoms. The Morgan fingerprint density at radius 2 is 2.12 bits per heavy atom. The van der Waals surface area contributed by atoms with Gasteiger partial charge in [0.15, 0.2) is 10.8 Å². The summed E-state index contributed by atoms with van der Waals surface area (Å²) in [4.78, 5) is 13.7. The van der Waals surface area contributed by atoms with Crippen LogP contribution in [-0.2, 0) is 9.47 Å². The minimum Gasteiger partial charge on any atom is -0.311 e. The highest BCUT2D eigenvalue weighted by Gasteiger charge is 2.98. The van der Waals surface area contributed by atoms with Crippen molar-refractivity contribution in [3.63, 3.8) is 0 Å². The molecular formula is C16H14N5O4+. The maximum atomic E-state index is 11.4. The first kappa shape index (κ1) is 15.5. The van der Waals surface area contributed by atoms with Crippen molar-refractivity contribution >= 4 is 11.5 Å². The summed E-state index contributed by atoms with van der Waals surface area (Å²) in [6, 6.07) is 10.3. The highest BCUT2D eigenvalue weighted by molar-refractivity contribution is 5.95. The number of para-hydroxylation sites is 1. The quantitative estimate of drug-likeness (QED) is 0.531. The van der Waals surface area contributed by atoms with Crippen LogP contribution in [0, 0.1) is 43.6 Å². The van der Waals surface area contributed by atoms with E-state index < -0.39 is 27.6 Å². The number of nitro benzene ring substituents is 1. The van der Waals surface area contributed by atoms with Crippen LogP contribution < -0.4 is 10.7 Å². The lowest BCUT2D eigenvalue weighted by molar-refractivity contribution is -0.677. The summed E-state index contributed by atoms with van der Waals surface area (Å²) in [5.41, 5.74) is 3.22. The molecule has 25 heavy (non-hydrogen) atoms. The fraction of sp³-hybridized carbons (Fsp3) is 0.438. The third kappa shape index (κ3) is 1.46. The minimum atomic E-state index is -1.59. The number of nitro groups is 1. The van der Waals surface area contributed by atoms with Gasteiger partial charge in [-0.2, -0.15) is 10.5 Å². The van der Waals surface area contributed by atoms with E-state index in [0.717, 1.165) is 0 Å². The van der Waals surface area contributed by atoms with Gasteiger partial charge in [0.05, 0.1) is 35.7 Å². The molecular weight excluding hydrogens is 326 g/mol. The van der Waals surface area contributed by atoms with Gasteiger partial charge in [-0.15, -0.1) is 0 Å². The van der Waals surface area contributed by atoms with Gasteiger partial charge in [-0.25, -0.2) is 4.99 Å². The summed E-state index contributed by atoms with van der Waals surface area (Å²) in [7, 11) is 0. The van der Waals surface area contributed by atoms with Crippen LogP contribution in [-0.4, -0.2) is 29.4 Å². The summed E-state index contributed by atoms with van der Waals surface area (Å²) in [6.45, 7) is 1.99. The number of fused-ring (bicyclic) bond motifs is 2. The number of nitrogens with zero attached hydrogens (tertiary/aromatic N) is 3. The van der Waals surface area contributed by atoms with Crippen LogP contribution in [0.15, 0.2) is 24.3 Å². The molecule has 0 bridgehead atoms. The Morgan fingerprint density at radius 3 is 2.68 bits per heavy atom. The standard InChI is InChI=1S/C16H13N5O4/c1-9-6-24-16(25-9)15(8-18)12(14(15,7-17)13(19)20-16)10-4-2-3-5-11(10)21(22)23/h2-5,9,12H,6H2,1H3,(H2,19,20)/p+1/t9-,12-,14-,15-,16-/m1/s1. The van der Waals surface area contributed by atoms with E-state index in [9.17, 15) is 20.6 Å². The average Bonchev–Trinajstić information content (AvgIpc) is 2.98. The maximum absolute atomic E-state index is 11.4. The number of rotatable bonds is 2. The zero-order valence-corrected chi connectivity index (χ0v) is 13.2. The van der Waals surface area contributed by atoms with Crippen molar-refractivity contribution < 1.29 is 19.4 Å². The lowest BCUT2D eigenvalue weighted by Crippen LogP contribution is -2.90. The summed E-state index contributed by atoms with van der Waals surface area (Å²) in [6.07, 6.45) is -0.313. The Morgan fingerprint density at radius 1 is 1.40 bits per heavy atom. The Hall–Kier alpha value is -3.01. The lowest BCUT2D eigenvalue weighted by atomic mass is 9.93. The van der Waals surface area contributed by atoms with Crippen molar-refractivity contribution in [3.8, 4) is 12.1 Å². The highest BCUT2D eigenvalue weighted by Crippen LogP contribution is 2.79. The van der Waals surface area contributed by atoms with Crippen molar-refractivity contribution in [1.82, 2.24) is 0 Å². The fourth-order valence-corrected chi connectivity index (χ4v) is 4.33. The Balaban J connectivity index is 1.96. The maximum Gasteiger partial charge on any atom is 0.343 e. The molecule has 0 aromatic heterocycles. The smallest absolute Gasteiger partial charge is 0.311 e. The van der Waals surface area contributed by atoms with E-state index in [0.29, 0.717) is 0 Å². The molecule has 5 atom stereocenters. The van der Waals surface area contributed by atoms with Gasteiger partial charge in [0.2, 0.25) is 0 Å². The van der Waals surface area contributed by atoms with E-state index in [4.69, 9.17) is 15.2 Å². The second kappa shape index (κ2) is 4.54. The normalized spacial score (nSPS) is 40.8. The summed E-state index contributed by atoms with van der Waals surface area (Å²) < 4.78 is 11.6. The zero-order chi connectivity index (χ0) is 18.0. The molecule has 3 N–H and O–H groups in total. The molecule has 1 saturated carbocycles. The molecule has 126 valence electrons. The summed E-state index contributed by atoms with van der Waals surface area (Å²) in [5.74, 6) is -2.38.